The van der Waals surface area contributed by atoms with Crippen molar-refractivity contribution in [3.63, 3.8) is 0 Å². The van der Waals surface area contributed by atoms with Crippen LogP contribution in [0.2, 0.25) is 0 Å². The minimum Gasteiger partial charge on any atom is -0.295 e. The molecule has 3 nitrogen and oxygen atoms in total. The molecule has 0 bridgehead atoms. The SMILES string of the molecule is C=CC(=O)Cc1cnccc1-c1ccccc1C#N. The number of benzene rings is 1. The van der Waals surface area contributed by atoms with E-state index in [1.165, 1.54) is 6.08 Å². The molecule has 0 N–H and O–H groups in total. The molecule has 0 unspecified atom stereocenters. The number of nitriles is 1. The largest absolute Gasteiger partial charge is 0.295 e. The van der Waals surface area contributed by atoms with Crippen LogP contribution in [0.3, 0.4) is 0 Å². The molecule has 92 valence electrons. The van der Waals surface area contributed by atoms with Crippen molar-refractivity contribution in [2.45, 2.75) is 6.42 Å². The lowest BCUT2D eigenvalue weighted by Gasteiger charge is -2.09. The molecule has 0 fully saturated rings. The van der Waals surface area contributed by atoms with E-state index in [4.69, 9.17) is 5.26 Å². The highest BCUT2D eigenvalue weighted by Gasteiger charge is 2.10. The Morgan fingerprint density at radius 1 is 1.32 bits per heavy atom. The van der Waals surface area contributed by atoms with E-state index in [0.29, 0.717) is 5.56 Å². The number of ketones is 1. The van der Waals surface area contributed by atoms with Crippen LogP contribution in [-0.2, 0) is 11.2 Å². The Labute approximate surface area is 111 Å². The number of carbonyl (C=O) groups is 1. The van der Waals surface area contributed by atoms with Crippen molar-refractivity contribution in [1.29, 1.82) is 5.26 Å². The molecule has 2 aromatic rings. The van der Waals surface area contributed by atoms with Gasteiger partial charge in [-0.05, 0) is 34.9 Å². The zero-order chi connectivity index (χ0) is 13.7. The Kier molecular flexibility index (Phi) is 3.84. The summed E-state index contributed by atoms with van der Waals surface area (Å²) in [6.45, 7) is 3.47. The van der Waals surface area contributed by atoms with E-state index in [1.54, 1.807) is 18.5 Å². The number of nitrogens with zero attached hydrogens (tertiary/aromatic N) is 2. The average Bonchev–Trinajstić information content (AvgIpc) is 2.47. The van der Waals surface area contributed by atoms with Gasteiger partial charge in [-0.15, -0.1) is 0 Å². The molecule has 19 heavy (non-hydrogen) atoms. The summed E-state index contributed by atoms with van der Waals surface area (Å²) in [5.41, 5.74) is 3.07. The van der Waals surface area contributed by atoms with Crippen LogP contribution in [0, 0.1) is 11.3 Å². The van der Waals surface area contributed by atoms with E-state index in [-0.39, 0.29) is 12.2 Å². The Morgan fingerprint density at radius 3 is 2.84 bits per heavy atom. The second-order valence-electron chi connectivity index (χ2n) is 4.04. The van der Waals surface area contributed by atoms with Gasteiger partial charge in [0.25, 0.3) is 0 Å². The second kappa shape index (κ2) is 5.74. The monoisotopic (exact) mass is 248 g/mol. The number of hydrogen-bond donors (Lipinski definition) is 0. The molecule has 0 saturated heterocycles. The van der Waals surface area contributed by atoms with E-state index in [2.05, 4.69) is 17.6 Å². The van der Waals surface area contributed by atoms with Crippen LogP contribution in [0.4, 0.5) is 0 Å². The number of hydrogen-bond acceptors (Lipinski definition) is 3. The molecule has 0 aliphatic carbocycles. The van der Waals surface area contributed by atoms with Crippen LogP contribution in [0.5, 0.6) is 0 Å². The molecular weight excluding hydrogens is 236 g/mol. The van der Waals surface area contributed by atoms with Gasteiger partial charge in [-0.2, -0.15) is 5.26 Å². The molecule has 0 atom stereocenters. The normalized spacial score (nSPS) is 9.63. The van der Waals surface area contributed by atoms with Gasteiger partial charge in [0.15, 0.2) is 5.78 Å². The maximum Gasteiger partial charge on any atom is 0.159 e. The second-order valence-corrected chi connectivity index (χ2v) is 4.04. The van der Waals surface area contributed by atoms with Gasteiger partial charge in [0, 0.05) is 18.8 Å². The molecule has 0 aliphatic rings. The summed E-state index contributed by atoms with van der Waals surface area (Å²) in [7, 11) is 0. The maximum atomic E-state index is 11.5. The third kappa shape index (κ3) is 2.75. The van der Waals surface area contributed by atoms with Crippen molar-refractivity contribution >= 4 is 5.78 Å². The zero-order valence-electron chi connectivity index (χ0n) is 10.3. The molecule has 0 aliphatic heterocycles. The molecule has 1 heterocycles. The van der Waals surface area contributed by atoms with Crippen molar-refractivity contribution in [3.8, 4) is 17.2 Å². The minimum absolute atomic E-state index is 0.0660. The van der Waals surface area contributed by atoms with Crippen LogP contribution in [-0.4, -0.2) is 10.8 Å². The molecule has 1 aromatic heterocycles. The quantitative estimate of drug-likeness (QED) is 0.782. The highest BCUT2D eigenvalue weighted by molar-refractivity contribution is 5.92. The maximum absolute atomic E-state index is 11.5. The van der Waals surface area contributed by atoms with Gasteiger partial charge in [-0.1, -0.05) is 24.8 Å². The standard InChI is InChI=1S/C16H12N2O/c1-2-14(19)9-13-11-18-8-7-16(13)15-6-4-3-5-12(15)10-17/h2-8,11H,1,9H2. The third-order valence-electron chi connectivity index (χ3n) is 2.83. The van der Waals surface area contributed by atoms with Crippen LogP contribution >= 0.6 is 0 Å². The highest BCUT2D eigenvalue weighted by atomic mass is 16.1. The Bertz CT molecular complexity index is 668. The Morgan fingerprint density at radius 2 is 2.11 bits per heavy atom. The summed E-state index contributed by atoms with van der Waals surface area (Å²) in [6, 6.07) is 11.3. The fourth-order valence-corrected chi connectivity index (χ4v) is 1.91. The van der Waals surface area contributed by atoms with Crippen molar-refractivity contribution in [2.24, 2.45) is 0 Å². The van der Waals surface area contributed by atoms with Crippen LogP contribution in [0.1, 0.15) is 11.1 Å². The third-order valence-corrected chi connectivity index (χ3v) is 2.83. The van der Waals surface area contributed by atoms with Crippen molar-refractivity contribution < 1.29 is 4.79 Å². The van der Waals surface area contributed by atoms with Gasteiger partial charge in [0.1, 0.15) is 0 Å². The molecule has 1 aromatic carbocycles. The molecule has 3 heteroatoms. The predicted molar refractivity (Wildman–Crippen MR) is 73.3 cm³/mol. The van der Waals surface area contributed by atoms with Crippen molar-refractivity contribution in [3.05, 3.63) is 66.5 Å². The minimum atomic E-state index is -0.0660. The molecule has 2 rings (SSSR count). The predicted octanol–water partition coefficient (Wildman–Crippen LogP) is 2.92. The molecule has 0 amide bonds. The molecule has 0 spiro atoms. The first kappa shape index (κ1) is 12.7. The number of allylic oxidation sites excluding steroid dienone is 1. The van der Waals surface area contributed by atoms with Gasteiger partial charge >= 0.3 is 0 Å². The smallest absolute Gasteiger partial charge is 0.159 e. The first-order valence-corrected chi connectivity index (χ1v) is 5.84. The van der Waals surface area contributed by atoms with E-state index in [1.807, 2.05) is 24.3 Å². The van der Waals surface area contributed by atoms with E-state index in [9.17, 15) is 4.79 Å². The van der Waals surface area contributed by atoms with E-state index >= 15 is 0 Å². The van der Waals surface area contributed by atoms with Gasteiger partial charge in [-0.25, -0.2) is 0 Å². The van der Waals surface area contributed by atoms with E-state index in [0.717, 1.165) is 16.7 Å². The number of pyridine rings is 1. The summed E-state index contributed by atoms with van der Waals surface area (Å²) in [5.74, 6) is -0.0660. The van der Waals surface area contributed by atoms with Gasteiger partial charge < -0.3 is 0 Å². The summed E-state index contributed by atoms with van der Waals surface area (Å²) < 4.78 is 0. The van der Waals surface area contributed by atoms with Crippen molar-refractivity contribution in [1.82, 2.24) is 4.98 Å². The Balaban J connectivity index is 2.54. The summed E-state index contributed by atoms with van der Waals surface area (Å²) in [4.78, 5) is 15.6. The van der Waals surface area contributed by atoms with Gasteiger partial charge in [0.05, 0.1) is 11.6 Å². The molecular formula is C16H12N2O. The zero-order valence-corrected chi connectivity index (χ0v) is 10.3. The Hall–Kier alpha value is -2.73. The highest BCUT2D eigenvalue weighted by Crippen LogP contribution is 2.26. The van der Waals surface area contributed by atoms with Crippen LogP contribution in [0.15, 0.2) is 55.4 Å². The summed E-state index contributed by atoms with van der Waals surface area (Å²) in [6.07, 6.45) is 4.86. The average molecular weight is 248 g/mol. The first-order chi connectivity index (χ1) is 9.26. The molecule has 0 saturated carbocycles. The fourth-order valence-electron chi connectivity index (χ4n) is 1.91. The van der Waals surface area contributed by atoms with Crippen molar-refractivity contribution in [2.75, 3.05) is 0 Å². The first-order valence-electron chi connectivity index (χ1n) is 5.84. The van der Waals surface area contributed by atoms with Gasteiger partial charge in [0.2, 0.25) is 0 Å². The molecule has 0 radical (unpaired) electrons. The lowest BCUT2D eigenvalue weighted by Crippen LogP contribution is -2.01. The summed E-state index contributed by atoms with van der Waals surface area (Å²) in [5, 5.41) is 9.15. The number of carbonyl (C=O) groups excluding carboxylic acids is 1. The topological polar surface area (TPSA) is 53.8 Å². The van der Waals surface area contributed by atoms with Crippen LogP contribution in [0.25, 0.3) is 11.1 Å². The van der Waals surface area contributed by atoms with Crippen LogP contribution < -0.4 is 0 Å². The summed E-state index contributed by atoms with van der Waals surface area (Å²) >= 11 is 0. The fraction of sp³-hybridized carbons (Fsp3) is 0.0625. The van der Waals surface area contributed by atoms with Gasteiger partial charge in [-0.3, -0.25) is 9.78 Å². The number of aromatic nitrogens is 1. The number of rotatable bonds is 4. The van der Waals surface area contributed by atoms with E-state index < -0.39 is 0 Å². The lowest BCUT2D eigenvalue weighted by atomic mass is 9.95. The lowest BCUT2D eigenvalue weighted by molar-refractivity contribution is -0.114.